The fourth-order valence-corrected chi connectivity index (χ4v) is 12.5. The molecule has 3 atom stereocenters. The number of hydrogen-bond acceptors (Lipinski definition) is 12. The highest BCUT2D eigenvalue weighted by molar-refractivity contribution is 7.13. The van der Waals surface area contributed by atoms with E-state index in [0.29, 0.717) is 98.6 Å². The molecule has 3 aliphatic rings. The largest absolute Gasteiger partial charge is 0.391 e. The Morgan fingerprint density at radius 1 is 0.800 bits per heavy atom. The summed E-state index contributed by atoms with van der Waals surface area (Å²) in [5.74, 6) is -2.00. The Balaban J connectivity index is 0.654. The first-order valence-corrected chi connectivity index (χ1v) is 31.1. The third-order valence-corrected chi connectivity index (χ3v) is 17.5. The lowest BCUT2D eigenvalue weighted by molar-refractivity contribution is -0.144. The number of fused-ring (bicyclic) bond motifs is 1. The molecule has 6 N–H and O–H groups in total. The van der Waals surface area contributed by atoms with E-state index in [0.717, 1.165) is 103 Å². The van der Waals surface area contributed by atoms with Gasteiger partial charge in [0.05, 0.1) is 33.3 Å². The minimum absolute atomic E-state index is 0.0222. The van der Waals surface area contributed by atoms with Gasteiger partial charge in [-0.2, -0.15) is 5.10 Å². The summed E-state index contributed by atoms with van der Waals surface area (Å²) in [6.45, 7) is 11.8. The number of ether oxygens (including phenoxy) is 1. The Bertz CT molecular complexity index is 3240. The number of carbonyl (C=O) groups is 5. The van der Waals surface area contributed by atoms with Gasteiger partial charge in [-0.1, -0.05) is 96.0 Å². The van der Waals surface area contributed by atoms with Gasteiger partial charge in [-0.15, -0.1) is 11.3 Å². The van der Waals surface area contributed by atoms with Crippen LogP contribution in [0, 0.1) is 24.0 Å². The molecule has 5 heterocycles. The number of hydrogen-bond donors (Lipinski definition) is 6. The van der Waals surface area contributed by atoms with Crippen LogP contribution in [0.3, 0.4) is 0 Å². The summed E-state index contributed by atoms with van der Waals surface area (Å²) in [6.07, 6.45) is 10.7. The quantitative estimate of drug-likeness (QED) is 0.0297. The molecule has 0 radical (unpaired) electrons. The second-order valence-corrected chi connectivity index (χ2v) is 25.0. The van der Waals surface area contributed by atoms with Crippen molar-refractivity contribution in [3.8, 4) is 10.4 Å². The molecule has 5 amide bonds. The van der Waals surface area contributed by atoms with Crippen LogP contribution >= 0.6 is 11.3 Å². The summed E-state index contributed by atoms with van der Waals surface area (Å²) < 4.78 is 33.5. The van der Waals surface area contributed by atoms with E-state index in [1.54, 1.807) is 11.3 Å². The first kappa shape index (κ1) is 62.2. The molecule has 454 valence electrons. The van der Waals surface area contributed by atoms with E-state index in [9.17, 15) is 37.9 Å². The van der Waals surface area contributed by atoms with Crippen LogP contribution in [0.15, 0.2) is 84.4 Å². The van der Waals surface area contributed by atoms with Gasteiger partial charge in [-0.25, -0.2) is 13.8 Å². The topological polar surface area (TPSA) is 214 Å². The van der Waals surface area contributed by atoms with Gasteiger partial charge >= 0.3 is 0 Å². The number of thiazole rings is 1. The van der Waals surface area contributed by atoms with Gasteiger partial charge in [0.25, 0.3) is 5.91 Å². The van der Waals surface area contributed by atoms with Gasteiger partial charge < -0.3 is 45.8 Å². The van der Waals surface area contributed by atoms with Crippen LogP contribution in [0.1, 0.15) is 143 Å². The van der Waals surface area contributed by atoms with Gasteiger partial charge in [0.2, 0.25) is 23.6 Å². The second-order valence-electron chi connectivity index (χ2n) is 24.1. The number of nitrogens with zero attached hydrogens (tertiary/aromatic N) is 5. The third-order valence-electron chi connectivity index (χ3n) is 16.5. The van der Waals surface area contributed by atoms with Crippen LogP contribution in [0.5, 0.6) is 0 Å². The molecule has 3 saturated heterocycles. The summed E-state index contributed by atoms with van der Waals surface area (Å²) in [6, 6.07) is 21.2. The van der Waals surface area contributed by atoms with Gasteiger partial charge in [0, 0.05) is 101 Å². The van der Waals surface area contributed by atoms with Crippen LogP contribution < -0.4 is 26.2 Å². The molecule has 0 aliphatic carbocycles. The maximum Gasteiger partial charge on any atom is 0.258 e. The normalized spacial score (nSPS) is 17.0. The molecule has 3 aliphatic heterocycles. The molecular formula is C65H82F2N10O7S. The molecule has 20 heteroatoms. The van der Waals surface area contributed by atoms with Crippen molar-refractivity contribution in [2.75, 3.05) is 61.5 Å². The number of benzene rings is 4. The lowest BCUT2D eigenvalue weighted by atomic mass is 9.85. The van der Waals surface area contributed by atoms with E-state index in [1.807, 2.05) is 98.8 Å². The molecular weight excluding hydrogens is 1100 g/mol. The number of piperazine rings is 1. The van der Waals surface area contributed by atoms with Crippen LogP contribution in [0.4, 0.5) is 26.0 Å². The van der Waals surface area contributed by atoms with E-state index < -0.39 is 35.2 Å². The van der Waals surface area contributed by atoms with Gasteiger partial charge in [0.1, 0.15) is 23.7 Å². The van der Waals surface area contributed by atoms with Crippen LogP contribution in [-0.4, -0.2) is 130 Å². The number of aromatic nitrogens is 3. The molecule has 0 bridgehead atoms. The van der Waals surface area contributed by atoms with E-state index >= 15 is 0 Å². The summed E-state index contributed by atoms with van der Waals surface area (Å²) in [7, 11) is 0. The van der Waals surface area contributed by atoms with Gasteiger partial charge in [-0.05, 0) is 109 Å². The second kappa shape index (κ2) is 29.2. The molecule has 1 unspecified atom stereocenters. The lowest BCUT2D eigenvalue weighted by Crippen LogP contribution is -2.57. The fraction of sp³-hybridized carbons (Fsp3) is 0.492. The van der Waals surface area contributed by atoms with Crippen LogP contribution in [0.25, 0.3) is 21.3 Å². The van der Waals surface area contributed by atoms with Crippen molar-refractivity contribution in [3.63, 3.8) is 0 Å². The fourth-order valence-electron chi connectivity index (χ4n) is 11.7. The maximum absolute atomic E-state index is 14.1. The molecule has 9 rings (SSSR count). The average molecular weight is 1190 g/mol. The number of likely N-dealkylation sites (tertiary alicyclic amines) is 1. The number of aliphatic hydroxyl groups excluding tert-OH is 1. The van der Waals surface area contributed by atoms with Crippen LogP contribution in [0.2, 0.25) is 0 Å². The van der Waals surface area contributed by atoms with Crippen molar-refractivity contribution in [1.82, 2.24) is 35.6 Å². The van der Waals surface area contributed by atoms with Gasteiger partial charge in [0.15, 0.2) is 5.82 Å². The Morgan fingerprint density at radius 2 is 1.47 bits per heavy atom. The summed E-state index contributed by atoms with van der Waals surface area (Å²) >= 11 is 1.58. The van der Waals surface area contributed by atoms with Crippen molar-refractivity contribution in [1.29, 1.82) is 0 Å². The number of rotatable bonds is 25. The number of aliphatic hydroxyl groups is 1. The number of halogens is 2. The summed E-state index contributed by atoms with van der Waals surface area (Å²) in [5.41, 5.74) is 8.26. The molecule has 0 saturated carbocycles. The minimum atomic E-state index is -0.864. The Labute approximate surface area is 501 Å². The SMILES string of the molecule is Cc1ncsc1-c1ccc(CNC(=O)[C@@H]2C[C@@H](O)CN2C(=O)C(NC(=O)CCCCCCCCCCCC(=O)N2CCN(c3ccc(C(=O)Nc4n[nH]c5ccc(Cc6cc(F)cc(F)c6)cc45)c(NC4CCOCC4)c3)CC2)C(C)(C)C)cc1. The van der Waals surface area contributed by atoms with Crippen molar-refractivity contribution in [3.05, 3.63) is 124 Å². The lowest BCUT2D eigenvalue weighted by Gasteiger charge is -2.36. The summed E-state index contributed by atoms with van der Waals surface area (Å²) in [5, 5.41) is 31.3. The highest BCUT2D eigenvalue weighted by Crippen LogP contribution is 2.32. The number of β-amino-alcohol motifs (C(OH)–C–C–N with tert-alkyl or cyclic N) is 1. The highest BCUT2D eigenvalue weighted by Gasteiger charge is 2.44. The molecule has 0 spiro atoms. The Morgan fingerprint density at radius 3 is 2.14 bits per heavy atom. The van der Waals surface area contributed by atoms with Gasteiger partial charge in [-0.3, -0.25) is 29.1 Å². The summed E-state index contributed by atoms with van der Waals surface area (Å²) in [4.78, 5) is 79.3. The number of H-pyrrole nitrogens is 1. The van der Waals surface area contributed by atoms with Crippen molar-refractivity contribution < 1.29 is 42.6 Å². The molecule has 4 aromatic carbocycles. The standard InChI is InChI=1S/C65H82F2N10O7S/c1-42-59(85-41-69-42)46-19-16-43(17-20-46)39-68-63(82)56-38-51(78)40-77(56)64(83)60(65(2,3)4)71-57(79)14-12-10-8-6-5-7-9-11-13-15-58(80)76-28-26-75(27-29-76)50-21-22-52(55(37-50)70-49-24-30-84-31-25-49)62(81)72-61-53-35-44(18-23-54(53)73-74-61)32-45-33-47(66)36-48(67)34-45/h16-23,33-37,41,49,51,56,60,70,78H,5-15,24-32,38-40H2,1-4H3,(H,68,82)(H,71,79)(H2,72,73,74,81)/t51-,56+,60?/m1/s1. The van der Waals surface area contributed by atoms with Crippen LogP contribution in [-0.2, 0) is 36.9 Å². The highest BCUT2D eigenvalue weighted by atomic mass is 32.1. The number of anilines is 3. The predicted molar refractivity (Wildman–Crippen MR) is 328 cm³/mol. The predicted octanol–water partition coefficient (Wildman–Crippen LogP) is 10.5. The van der Waals surface area contributed by atoms with E-state index in [2.05, 4.69) is 41.3 Å². The van der Waals surface area contributed by atoms with E-state index in [4.69, 9.17) is 4.74 Å². The van der Waals surface area contributed by atoms with Crippen molar-refractivity contribution >= 4 is 69.0 Å². The molecule has 85 heavy (non-hydrogen) atoms. The monoisotopic (exact) mass is 1180 g/mol. The molecule has 6 aromatic rings. The van der Waals surface area contributed by atoms with E-state index in [1.165, 1.54) is 17.0 Å². The Kier molecular flexibility index (Phi) is 21.4. The number of nitrogens with one attached hydrogen (secondary N) is 5. The number of amides is 5. The molecule has 17 nitrogen and oxygen atoms in total. The van der Waals surface area contributed by atoms with Crippen molar-refractivity contribution in [2.24, 2.45) is 5.41 Å². The number of unbranched alkanes of at least 4 members (excludes halogenated alkanes) is 8. The Hall–Kier alpha value is -7.29. The van der Waals surface area contributed by atoms with Crippen molar-refractivity contribution in [2.45, 2.75) is 155 Å². The van der Waals surface area contributed by atoms with E-state index in [-0.39, 0.29) is 55.1 Å². The zero-order valence-electron chi connectivity index (χ0n) is 49.5. The molecule has 2 aromatic heterocycles. The minimum Gasteiger partial charge on any atom is -0.391 e. The zero-order chi connectivity index (χ0) is 60.0. The number of carbonyl (C=O) groups excluding carboxylic acids is 5. The molecule has 3 fully saturated rings. The first-order chi connectivity index (χ1) is 40.9. The first-order valence-electron chi connectivity index (χ1n) is 30.2. The third kappa shape index (κ3) is 17.0. The average Bonchev–Trinajstić information content (AvgIpc) is 4.44. The maximum atomic E-state index is 14.1. The number of aromatic amines is 1. The number of aryl methyl sites for hydroxylation is 1. The zero-order valence-corrected chi connectivity index (χ0v) is 50.3. The smallest absolute Gasteiger partial charge is 0.258 e.